The molecule has 4 heteroatoms. The molecule has 1 aromatic heterocycles. The Hall–Kier alpha value is -2.20. The van der Waals surface area contributed by atoms with Crippen LogP contribution in [0.2, 0.25) is 0 Å². The second-order valence-electron chi connectivity index (χ2n) is 4.58. The third-order valence-electron chi connectivity index (χ3n) is 3.20. The third-order valence-corrected chi connectivity index (χ3v) is 3.20. The molecule has 1 heterocycles. The van der Waals surface area contributed by atoms with Gasteiger partial charge in [0, 0.05) is 11.4 Å². The maximum atomic E-state index is 14.2. The minimum Gasteiger partial charge on any atom is -0.324 e. The highest BCUT2D eigenvalue weighted by Gasteiger charge is 2.15. The smallest absolute Gasteiger partial charge is 0.149 e. The van der Waals surface area contributed by atoms with E-state index in [9.17, 15) is 4.39 Å². The molecule has 0 aliphatic heterocycles. The highest BCUT2D eigenvalue weighted by molar-refractivity contribution is 5.80. The van der Waals surface area contributed by atoms with Crippen molar-refractivity contribution in [3.8, 4) is 5.69 Å². The summed E-state index contributed by atoms with van der Waals surface area (Å²) in [6.45, 7) is 1.84. The van der Waals surface area contributed by atoms with Crippen molar-refractivity contribution in [1.29, 1.82) is 0 Å². The molecule has 2 aromatic carbocycles. The summed E-state index contributed by atoms with van der Waals surface area (Å²) in [5, 5.41) is 5.26. The van der Waals surface area contributed by atoms with E-state index >= 15 is 0 Å². The number of benzene rings is 2. The van der Waals surface area contributed by atoms with Crippen molar-refractivity contribution in [1.82, 2.24) is 9.78 Å². The summed E-state index contributed by atoms with van der Waals surface area (Å²) in [5.74, 6) is -0.316. The van der Waals surface area contributed by atoms with Crippen molar-refractivity contribution < 1.29 is 4.39 Å². The van der Waals surface area contributed by atoms with Gasteiger partial charge in [-0.3, -0.25) is 0 Å². The Morgan fingerprint density at radius 3 is 2.74 bits per heavy atom. The van der Waals surface area contributed by atoms with E-state index in [0.29, 0.717) is 5.69 Å². The van der Waals surface area contributed by atoms with Gasteiger partial charge in [-0.2, -0.15) is 5.10 Å². The van der Waals surface area contributed by atoms with E-state index in [1.807, 2.05) is 37.3 Å². The molecule has 1 atom stereocenters. The summed E-state index contributed by atoms with van der Waals surface area (Å²) in [6, 6.07) is 12.4. The van der Waals surface area contributed by atoms with Crippen molar-refractivity contribution in [2.24, 2.45) is 5.73 Å². The fourth-order valence-corrected chi connectivity index (χ4v) is 2.27. The maximum absolute atomic E-state index is 14.2. The molecule has 0 saturated heterocycles. The summed E-state index contributed by atoms with van der Waals surface area (Å²) in [6.07, 6.45) is 1.73. The topological polar surface area (TPSA) is 43.8 Å². The van der Waals surface area contributed by atoms with Crippen LogP contribution >= 0.6 is 0 Å². The first kappa shape index (κ1) is 11.9. The monoisotopic (exact) mass is 255 g/mol. The zero-order valence-electron chi connectivity index (χ0n) is 10.5. The zero-order chi connectivity index (χ0) is 13.4. The lowest BCUT2D eigenvalue weighted by atomic mass is 10.1. The lowest BCUT2D eigenvalue weighted by molar-refractivity contribution is 0.605. The van der Waals surface area contributed by atoms with E-state index < -0.39 is 0 Å². The van der Waals surface area contributed by atoms with Crippen LogP contribution in [0.15, 0.2) is 48.7 Å². The highest BCUT2D eigenvalue weighted by atomic mass is 19.1. The van der Waals surface area contributed by atoms with Crippen LogP contribution < -0.4 is 5.73 Å². The third kappa shape index (κ3) is 1.90. The van der Waals surface area contributed by atoms with Crippen LogP contribution in [-0.4, -0.2) is 9.78 Å². The fourth-order valence-electron chi connectivity index (χ4n) is 2.27. The van der Waals surface area contributed by atoms with E-state index in [4.69, 9.17) is 5.73 Å². The van der Waals surface area contributed by atoms with Gasteiger partial charge in [0.1, 0.15) is 11.5 Å². The van der Waals surface area contributed by atoms with Gasteiger partial charge in [-0.25, -0.2) is 9.07 Å². The molecule has 0 fully saturated rings. The average Bonchev–Trinajstić information content (AvgIpc) is 2.82. The number of para-hydroxylation sites is 2. The number of nitrogens with zero attached hydrogens (tertiary/aromatic N) is 2. The van der Waals surface area contributed by atoms with Crippen LogP contribution in [0.3, 0.4) is 0 Å². The molecule has 3 nitrogen and oxygen atoms in total. The Bertz CT molecular complexity index is 731. The van der Waals surface area contributed by atoms with Crippen molar-refractivity contribution in [2.75, 3.05) is 0 Å². The first-order chi connectivity index (χ1) is 9.18. The van der Waals surface area contributed by atoms with Gasteiger partial charge >= 0.3 is 0 Å². The molecule has 19 heavy (non-hydrogen) atoms. The summed E-state index contributed by atoms with van der Waals surface area (Å²) in [5.41, 5.74) is 7.97. The molecule has 2 N–H and O–H groups in total. The van der Waals surface area contributed by atoms with Gasteiger partial charge in [0.05, 0.1) is 11.7 Å². The molecule has 3 rings (SSSR count). The molecule has 0 bridgehead atoms. The number of nitrogens with two attached hydrogens (primary N) is 1. The lowest BCUT2D eigenvalue weighted by Crippen LogP contribution is -2.12. The zero-order valence-corrected chi connectivity index (χ0v) is 10.5. The summed E-state index contributed by atoms with van der Waals surface area (Å²) in [4.78, 5) is 0. The van der Waals surface area contributed by atoms with Crippen LogP contribution in [0.1, 0.15) is 18.5 Å². The van der Waals surface area contributed by atoms with Gasteiger partial charge in [0.2, 0.25) is 0 Å². The molecular formula is C15H14FN3. The first-order valence-corrected chi connectivity index (χ1v) is 6.15. The molecule has 3 aromatic rings. The molecular weight excluding hydrogens is 241 g/mol. The second kappa shape index (κ2) is 4.48. The van der Waals surface area contributed by atoms with Gasteiger partial charge in [-0.15, -0.1) is 0 Å². The number of halogens is 1. The van der Waals surface area contributed by atoms with E-state index in [0.717, 1.165) is 16.5 Å². The standard InChI is InChI=1S/C15H14FN3/c1-10(17)12-6-4-7-13(16)15(12)19-14-8-3-2-5-11(14)9-18-19/h2-10H,17H2,1H3/t10-/m0/s1. The molecule has 0 spiro atoms. The van der Waals surface area contributed by atoms with E-state index in [1.54, 1.807) is 16.9 Å². The number of fused-ring (bicyclic) bond motifs is 1. The minimum atomic E-state index is -0.316. The van der Waals surface area contributed by atoms with Crippen LogP contribution in [-0.2, 0) is 0 Å². The molecule has 0 aliphatic carbocycles. The van der Waals surface area contributed by atoms with Crippen molar-refractivity contribution in [3.05, 3.63) is 60.0 Å². The van der Waals surface area contributed by atoms with Crippen LogP contribution in [0, 0.1) is 5.82 Å². The fraction of sp³-hybridized carbons (Fsp3) is 0.133. The molecule has 0 amide bonds. The van der Waals surface area contributed by atoms with Crippen LogP contribution in [0.25, 0.3) is 16.6 Å². The average molecular weight is 255 g/mol. The summed E-state index contributed by atoms with van der Waals surface area (Å²) < 4.78 is 15.8. The Morgan fingerprint density at radius 1 is 1.16 bits per heavy atom. The Morgan fingerprint density at radius 2 is 1.95 bits per heavy atom. The molecule has 0 saturated carbocycles. The molecule has 0 radical (unpaired) electrons. The van der Waals surface area contributed by atoms with Crippen molar-refractivity contribution >= 4 is 10.9 Å². The molecule has 0 unspecified atom stereocenters. The van der Waals surface area contributed by atoms with Gasteiger partial charge < -0.3 is 5.73 Å². The molecule has 0 aliphatic rings. The quantitative estimate of drug-likeness (QED) is 0.764. The first-order valence-electron chi connectivity index (χ1n) is 6.15. The largest absolute Gasteiger partial charge is 0.324 e. The predicted molar refractivity (Wildman–Crippen MR) is 73.6 cm³/mol. The van der Waals surface area contributed by atoms with E-state index in [2.05, 4.69) is 5.10 Å². The minimum absolute atomic E-state index is 0.256. The predicted octanol–water partition coefficient (Wildman–Crippen LogP) is 3.18. The number of rotatable bonds is 2. The van der Waals surface area contributed by atoms with E-state index in [1.165, 1.54) is 6.07 Å². The Labute approximate surface area is 110 Å². The summed E-state index contributed by atoms with van der Waals surface area (Å²) >= 11 is 0. The van der Waals surface area contributed by atoms with Crippen LogP contribution in [0.4, 0.5) is 4.39 Å². The highest BCUT2D eigenvalue weighted by Crippen LogP contribution is 2.26. The van der Waals surface area contributed by atoms with Crippen molar-refractivity contribution in [3.63, 3.8) is 0 Å². The Balaban J connectivity index is 2.33. The van der Waals surface area contributed by atoms with Gasteiger partial charge in [-0.1, -0.05) is 30.3 Å². The Kier molecular flexibility index (Phi) is 2.80. The number of hydrogen-bond acceptors (Lipinski definition) is 2. The second-order valence-corrected chi connectivity index (χ2v) is 4.58. The van der Waals surface area contributed by atoms with E-state index in [-0.39, 0.29) is 11.9 Å². The molecule has 96 valence electrons. The summed E-state index contributed by atoms with van der Waals surface area (Å²) in [7, 11) is 0. The number of hydrogen-bond donors (Lipinski definition) is 1. The van der Waals surface area contributed by atoms with Gasteiger partial charge in [-0.05, 0) is 24.6 Å². The maximum Gasteiger partial charge on any atom is 0.149 e. The normalized spacial score (nSPS) is 12.8. The van der Waals surface area contributed by atoms with Crippen molar-refractivity contribution in [2.45, 2.75) is 13.0 Å². The lowest BCUT2D eigenvalue weighted by Gasteiger charge is -2.14. The van der Waals surface area contributed by atoms with Gasteiger partial charge in [0.15, 0.2) is 0 Å². The SMILES string of the molecule is C[C@H](N)c1cccc(F)c1-n1ncc2ccccc21. The number of aromatic nitrogens is 2. The van der Waals surface area contributed by atoms with Gasteiger partial charge in [0.25, 0.3) is 0 Å². The van der Waals surface area contributed by atoms with Crippen LogP contribution in [0.5, 0.6) is 0 Å².